The number of anilines is 2. The SMILES string of the molecule is COc1ccncc1-c1cc2c(cnn2-c2cc(N3C[C@H](CS(C)(=O)=O)[C@H]3C)cc(N3CC4CCN(C)[C@H]4C3)n2)c(C)n1. The molecule has 43 heavy (non-hydrogen) atoms. The van der Waals surface area contributed by atoms with Gasteiger partial charge in [-0.05, 0) is 51.9 Å². The molecular formula is C31H38N8O3S. The smallest absolute Gasteiger partial charge is 0.158 e. The maximum absolute atomic E-state index is 12.0. The first kappa shape index (κ1) is 28.0. The van der Waals surface area contributed by atoms with Gasteiger partial charge in [0.2, 0.25) is 0 Å². The third kappa shape index (κ3) is 5.00. The summed E-state index contributed by atoms with van der Waals surface area (Å²) >= 11 is 0. The van der Waals surface area contributed by atoms with Crippen LogP contribution >= 0.6 is 0 Å². The molecule has 3 fully saturated rings. The van der Waals surface area contributed by atoms with Crippen LogP contribution in [0.2, 0.25) is 0 Å². The number of hydrogen-bond donors (Lipinski definition) is 0. The summed E-state index contributed by atoms with van der Waals surface area (Å²) in [6, 6.07) is 8.74. The van der Waals surface area contributed by atoms with Gasteiger partial charge in [-0.2, -0.15) is 5.10 Å². The second-order valence-electron chi connectivity index (χ2n) is 12.4. The Labute approximate surface area is 252 Å². The van der Waals surface area contributed by atoms with E-state index in [0.717, 1.165) is 64.8 Å². The van der Waals surface area contributed by atoms with Crippen LogP contribution in [0.1, 0.15) is 19.0 Å². The molecule has 0 radical (unpaired) electrons. The number of pyridine rings is 3. The number of ether oxygens (including phenoxy) is 1. The van der Waals surface area contributed by atoms with Gasteiger partial charge in [0.25, 0.3) is 0 Å². The molecular weight excluding hydrogens is 564 g/mol. The van der Waals surface area contributed by atoms with E-state index in [4.69, 9.17) is 19.8 Å². The number of aryl methyl sites for hydroxylation is 1. The molecule has 3 aliphatic heterocycles. The molecule has 0 spiro atoms. The predicted molar refractivity (Wildman–Crippen MR) is 168 cm³/mol. The maximum atomic E-state index is 12.0. The fraction of sp³-hybridized carbons (Fsp3) is 0.484. The van der Waals surface area contributed by atoms with Crippen molar-refractivity contribution < 1.29 is 13.2 Å². The lowest BCUT2D eigenvalue weighted by molar-refractivity contribution is 0.310. The standard InChI is InChI=1S/C31H38N8O3S/c1-19-24-14-33-39(27(24)12-26(34-19)25-13-32-8-6-29(25)42-4)31-11-23(38-16-22(20(38)2)18-43(5,40)41)10-30(35-31)37-15-21-7-9-36(3)28(21)17-37/h6,8,10-14,20-22,28H,7,9,15-18H2,1-5H3/t20-,21?,22-,28+/m1/s1. The van der Waals surface area contributed by atoms with Gasteiger partial charge in [-0.3, -0.25) is 9.97 Å². The van der Waals surface area contributed by atoms with Crippen LogP contribution in [0, 0.1) is 18.8 Å². The van der Waals surface area contributed by atoms with E-state index in [0.29, 0.717) is 24.3 Å². The molecule has 4 aromatic heterocycles. The molecule has 0 aliphatic carbocycles. The van der Waals surface area contributed by atoms with Crippen LogP contribution in [0.5, 0.6) is 5.75 Å². The van der Waals surface area contributed by atoms with E-state index in [1.54, 1.807) is 19.5 Å². The second-order valence-corrected chi connectivity index (χ2v) is 14.6. The average molecular weight is 603 g/mol. The number of fused-ring (bicyclic) bond motifs is 2. The Hall–Kier alpha value is -3.77. The zero-order valence-electron chi connectivity index (χ0n) is 25.3. The predicted octanol–water partition coefficient (Wildman–Crippen LogP) is 3.20. The molecule has 0 saturated carbocycles. The molecule has 0 amide bonds. The van der Waals surface area contributed by atoms with Crippen LogP contribution in [-0.2, 0) is 9.84 Å². The van der Waals surface area contributed by atoms with Gasteiger partial charge in [-0.25, -0.2) is 18.1 Å². The highest BCUT2D eigenvalue weighted by Gasteiger charge is 2.41. The van der Waals surface area contributed by atoms with Gasteiger partial charge >= 0.3 is 0 Å². The lowest BCUT2D eigenvalue weighted by Crippen LogP contribution is -2.57. The maximum Gasteiger partial charge on any atom is 0.158 e. The van der Waals surface area contributed by atoms with E-state index >= 15 is 0 Å². The van der Waals surface area contributed by atoms with E-state index in [1.165, 1.54) is 12.7 Å². The minimum atomic E-state index is -3.05. The van der Waals surface area contributed by atoms with Gasteiger partial charge in [-0.15, -0.1) is 0 Å². The Kier molecular flexibility index (Phi) is 6.81. The largest absolute Gasteiger partial charge is 0.496 e. The lowest BCUT2D eigenvalue weighted by atomic mass is 9.91. The summed E-state index contributed by atoms with van der Waals surface area (Å²) in [6.07, 6.45) is 7.85. The average Bonchev–Trinajstić information content (AvgIpc) is 3.70. The van der Waals surface area contributed by atoms with Crippen LogP contribution in [0.25, 0.3) is 28.0 Å². The van der Waals surface area contributed by atoms with Gasteiger partial charge in [0.05, 0.1) is 35.8 Å². The fourth-order valence-electron chi connectivity index (χ4n) is 7.14. The van der Waals surface area contributed by atoms with Gasteiger partial charge in [0, 0.05) is 85.2 Å². The number of sulfone groups is 1. The minimum Gasteiger partial charge on any atom is -0.496 e. The molecule has 0 bridgehead atoms. The van der Waals surface area contributed by atoms with Crippen molar-refractivity contribution in [2.24, 2.45) is 11.8 Å². The van der Waals surface area contributed by atoms with Crippen LogP contribution in [0.15, 0.2) is 42.9 Å². The van der Waals surface area contributed by atoms with Crippen LogP contribution < -0.4 is 14.5 Å². The van der Waals surface area contributed by atoms with Crippen molar-refractivity contribution in [2.45, 2.75) is 32.4 Å². The number of methoxy groups -OCH3 is 1. The van der Waals surface area contributed by atoms with Gasteiger partial charge in [-0.1, -0.05) is 0 Å². The fourth-order valence-corrected chi connectivity index (χ4v) is 8.31. The first-order chi connectivity index (χ1) is 20.6. The third-order valence-corrected chi connectivity index (χ3v) is 10.7. The third-order valence-electron chi connectivity index (χ3n) is 9.64. The molecule has 0 aromatic carbocycles. The van der Waals surface area contributed by atoms with Crippen molar-refractivity contribution in [3.05, 3.63) is 48.5 Å². The highest BCUT2D eigenvalue weighted by atomic mass is 32.2. The number of likely N-dealkylation sites (N-methyl/N-ethyl adjacent to an activating group) is 1. The molecule has 4 aromatic rings. The van der Waals surface area contributed by atoms with Gasteiger partial charge in [0.1, 0.15) is 21.4 Å². The van der Waals surface area contributed by atoms with Crippen molar-refractivity contribution in [1.82, 2.24) is 29.6 Å². The summed E-state index contributed by atoms with van der Waals surface area (Å²) in [6.45, 7) is 7.85. The van der Waals surface area contributed by atoms with E-state index in [2.05, 4.69) is 45.8 Å². The van der Waals surface area contributed by atoms with E-state index in [1.807, 2.05) is 29.9 Å². The van der Waals surface area contributed by atoms with Crippen molar-refractivity contribution in [3.63, 3.8) is 0 Å². The van der Waals surface area contributed by atoms with Gasteiger partial charge in [0.15, 0.2) is 5.82 Å². The van der Waals surface area contributed by atoms with Crippen molar-refractivity contribution in [2.75, 3.05) is 62.1 Å². The number of aromatic nitrogens is 5. The molecule has 3 saturated heterocycles. The molecule has 7 heterocycles. The molecule has 0 N–H and O–H groups in total. The van der Waals surface area contributed by atoms with Crippen molar-refractivity contribution in [1.29, 1.82) is 0 Å². The van der Waals surface area contributed by atoms with Crippen molar-refractivity contribution in [3.8, 4) is 22.8 Å². The van der Waals surface area contributed by atoms with Crippen LogP contribution in [0.3, 0.4) is 0 Å². The Morgan fingerprint density at radius 3 is 2.63 bits per heavy atom. The monoisotopic (exact) mass is 602 g/mol. The van der Waals surface area contributed by atoms with Crippen LogP contribution in [0.4, 0.5) is 11.5 Å². The molecule has 226 valence electrons. The van der Waals surface area contributed by atoms with Gasteiger partial charge < -0.3 is 19.4 Å². The Balaban J connectivity index is 1.32. The molecule has 3 aliphatic rings. The first-order valence-electron chi connectivity index (χ1n) is 14.9. The summed E-state index contributed by atoms with van der Waals surface area (Å²) in [5, 5.41) is 5.76. The Morgan fingerprint density at radius 2 is 1.88 bits per heavy atom. The molecule has 12 heteroatoms. The normalized spacial score (nSPS) is 24.0. The first-order valence-corrected chi connectivity index (χ1v) is 16.9. The zero-order chi connectivity index (χ0) is 30.0. The molecule has 7 rings (SSSR count). The molecule has 1 unspecified atom stereocenters. The van der Waals surface area contributed by atoms with Crippen molar-refractivity contribution >= 4 is 32.2 Å². The Bertz CT molecular complexity index is 1810. The minimum absolute atomic E-state index is 0.103. The summed E-state index contributed by atoms with van der Waals surface area (Å²) < 4.78 is 31.6. The number of hydrogen-bond acceptors (Lipinski definition) is 10. The highest BCUT2D eigenvalue weighted by Crippen LogP contribution is 2.38. The molecule has 4 atom stereocenters. The number of nitrogens with zero attached hydrogens (tertiary/aromatic N) is 8. The second kappa shape index (κ2) is 10.4. The summed E-state index contributed by atoms with van der Waals surface area (Å²) in [7, 11) is 0.815. The molecule has 11 nitrogen and oxygen atoms in total. The zero-order valence-corrected chi connectivity index (χ0v) is 26.1. The Morgan fingerprint density at radius 1 is 1.07 bits per heavy atom. The number of rotatable bonds is 7. The number of likely N-dealkylation sites (tertiary alicyclic amines) is 1. The summed E-state index contributed by atoms with van der Waals surface area (Å²) in [4.78, 5) is 21.5. The van der Waals surface area contributed by atoms with E-state index in [-0.39, 0.29) is 17.7 Å². The summed E-state index contributed by atoms with van der Waals surface area (Å²) in [5.74, 6) is 3.30. The van der Waals surface area contributed by atoms with E-state index < -0.39 is 9.84 Å². The van der Waals surface area contributed by atoms with Crippen LogP contribution in [-0.4, -0.2) is 102 Å². The topological polar surface area (TPSA) is 110 Å². The lowest BCUT2D eigenvalue weighted by Gasteiger charge is -2.48. The highest BCUT2D eigenvalue weighted by molar-refractivity contribution is 7.90. The quantitative estimate of drug-likeness (QED) is 0.313. The van der Waals surface area contributed by atoms with E-state index in [9.17, 15) is 8.42 Å². The summed E-state index contributed by atoms with van der Waals surface area (Å²) in [5.41, 5.74) is 4.35.